The Hall–Kier alpha value is -0.990. The van der Waals surface area contributed by atoms with Crippen LogP contribution in [0.5, 0.6) is 0 Å². The Labute approximate surface area is 121 Å². The summed E-state index contributed by atoms with van der Waals surface area (Å²) in [6, 6.07) is 12.4. The van der Waals surface area contributed by atoms with Gasteiger partial charge in [-0.05, 0) is 59.1 Å². The van der Waals surface area contributed by atoms with Crippen LogP contribution in [0.3, 0.4) is 0 Å². The summed E-state index contributed by atoms with van der Waals surface area (Å²) in [6.07, 6.45) is 0. The van der Waals surface area contributed by atoms with Crippen LogP contribution in [-0.4, -0.2) is 0 Å². The summed E-state index contributed by atoms with van der Waals surface area (Å²) >= 11 is 9.45. The molecule has 0 atom stereocenters. The first-order valence-electron chi connectivity index (χ1n) is 5.81. The zero-order valence-electron chi connectivity index (χ0n) is 10.4. The van der Waals surface area contributed by atoms with Crippen molar-refractivity contribution in [2.75, 3.05) is 5.32 Å². The van der Waals surface area contributed by atoms with E-state index in [0.29, 0.717) is 0 Å². The maximum atomic E-state index is 6.06. The van der Waals surface area contributed by atoms with Gasteiger partial charge in [-0.15, -0.1) is 0 Å². The maximum absolute atomic E-state index is 6.06. The number of anilines is 1. The van der Waals surface area contributed by atoms with Gasteiger partial charge < -0.3 is 5.32 Å². The van der Waals surface area contributed by atoms with E-state index in [4.69, 9.17) is 11.6 Å². The average Bonchev–Trinajstić information content (AvgIpc) is 2.32. The van der Waals surface area contributed by atoms with E-state index < -0.39 is 0 Å². The molecule has 3 heteroatoms. The fourth-order valence-electron chi connectivity index (χ4n) is 1.85. The highest BCUT2D eigenvalue weighted by Gasteiger charge is 2.01. The molecule has 0 saturated heterocycles. The molecule has 0 heterocycles. The van der Waals surface area contributed by atoms with Gasteiger partial charge in [0.25, 0.3) is 0 Å². The van der Waals surface area contributed by atoms with Gasteiger partial charge in [-0.2, -0.15) is 0 Å². The highest BCUT2D eigenvalue weighted by Crippen LogP contribution is 2.26. The Morgan fingerprint density at radius 1 is 1.11 bits per heavy atom. The van der Waals surface area contributed by atoms with Gasteiger partial charge in [-0.25, -0.2) is 0 Å². The van der Waals surface area contributed by atoms with E-state index in [-0.39, 0.29) is 0 Å². The Kier molecular flexibility index (Phi) is 4.31. The molecule has 0 unspecified atom stereocenters. The van der Waals surface area contributed by atoms with Crippen molar-refractivity contribution >= 4 is 33.2 Å². The number of halogens is 2. The van der Waals surface area contributed by atoms with Crippen molar-refractivity contribution in [3.8, 4) is 0 Å². The van der Waals surface area contributed by atoms with Crippen LogP contribution in [0.15, 0.2) is 40.9 Å². The van der Waals surface area contributed by atoms with E-state index in [1.807, 2.05) is 18.2 Å². The molecule has 0 aromatic heterocycles. The van der Waals surface area contributed by atoms with Crippen molar-refractivity contribution in [2.45, 2.75) is 20.4 Å². The molecular formula is C15H15BrClN. The minimum Gasteiger partial charge on any atom is -0.381 e. The molecule has 0 fully saturated rings. The Morgan fingerprint density at radius 3 is 2.56 bits per heavy atom. The second-order valence-corrected chi connectivity index (χ2v) is 5.67. The van der Waals surface area contributed by atoms with Crippen molar-refractivity contribution in [3.05, 3.63) is 62.6 Å². The molecular weight excluding hydrogens is 310 g/mol. The first-order valence-corrected chi connectivity index (χ1v) is 6.98. The summed E-state index contributed by atoms with van der Waals surface area (Å²) in [7, 11) is 0. The first kappa shape index (κ1) is 13.4. The predicted octanol–water partition coefficient (Wildman–Crippen LogP) is 5.33. The van der Waals surface area contributed by atoms with Crippen LogP contribution in [0.25, 0.3) is 0 Å². The summed E-state index contributed by atoms with van der Waals surface area (Å²) in [6.45, 7) is 5.06. The lowest BCUT2D eigenvalue weighted by Crippen LogP contribution is -2.01. The van der Waals surface area contributed by atoms with Gasteiger partial charge in [0.1, 0.15) is 0 Å². The van der Waals surface area contributed by atoms with Crippen LogP contribution in [-0.2, 0) is 6.54 Å². The van der Waals surface area contributed by atoms with Crippen molar-refractivity contribution < 1.29 is 0 Å². The fourth-order valence-corrected chi connectivity index (χ4v) is 2.27. The highest BCUT2D eigenvalue weighted by molar-refractivity contribution is 9.10. The molecule has 2 aromatic rings. The van der Waals surface area contributed by atoms with E-state index in [2.05, 4.69) is 53.3 Å². The minimum absolute atomic E-state index is 0.723. The van der Waals surface area contributed by atoms with E-state index >= 15 is 0 Å². The number of nitrogens with one attached hydrogen (secondary N) is 1. The molecule has 0 bridgehead atoms. The second kappa shape index (κ2) is 5.77. The van der Waals surface area contributed by atoms with E-state index in [0.717, 1.165) is 21.7 Å². The number of aryl methyl sites for hydroxylation is 2. The largest absolute Gasteiger partial charge is 0.381 e. The predicted molar refractivity (Wildman–Crippen MR) is 82.4 cm³/mol. The van der Waals surface area contributed by atoms with Gasteiger partial charge in [-0.3, -0.25) is 0 Å². The smallest absolute Gasteiger partial charge is 0.0568 e. The average molecular weight is 325 g/mol. The standard InChI is InChI=1S/C15H15BrClN/c1-10-3-4-12(11(2)7-10)9-18-13-5-6-14(16)15(17)8-13/h3-8,18H,9H2,1-2H3. The van der Waals surface area contributed by atoms with Gasteiger partial charge in [-0.1, -0.05) is 35.4 Å². The molecule has 0 aliphatic rings. The second-order valence-electron chi connectivity index (χ2n) is 4.41. The van der Waals surface area contributed by atoms with Gasteiger partial charge in [0, 0.05) is 16.7 Å². The van der Waals surface area contributed by atoms with E-state index in [1.54, 1.807) is 0 Å². The van der Waals surface area contributed by atoms with Crippen molar-refractivity contribution in [1.82, 2.24) is 0 Å². The molecule has 0 aliphatic carbocycles. The zero-order valence-corrected chi connectivity index (χ0v) is 12.8. The first-order chi connectivity index (χ1) is 8.56. The molecule has 0 saturated carbocycles. The Balaban J connectivity index is 2.09. The molecule has 0 aliphatic heterocycles. The molecule has 0 radical (unpaired) electrons. The van der Waals surface area contributed by atoms with Crippen molar-refractivity contribution in [3.63, 3.8) is 0 Å². The van der Waals surface area contributed by atoms with Gasteiger partial charge in [0.05, 0.1) is 5.02 Å². The van der Waals surface area contributed by atoms with Gasteiger partial charge in [0.15, 0.2) is 0 Å². The Bertz CT molecular complexity index is 566. The maximum Gasteiger partial charge on any atom is 0.0568 e. The number of benzene rings is 2. The van der Waals surface area contributed by atoms with Gasteiger partial charge >= 0.3 is 0 Å². The number of rotatable bonds is 3. The molecule has 18 heavy (non-hydrogen) atoms. The molecule has 94 valence electrons. The van der Waals surface area contributed by atoms with Crippen LogP contribution in [0, 0.1) is 13.8 Å². The minimum atomic E-state index is 0.723. The normalized spacial score (nSPS) is 10.4. The van der Waals surface area contributed by atoms with E-state index in [1.165, 1.54) is 16.7 Å². The topological polar surface area (TPSA) is 12.0 Å². The molecule has 0 amide bonds. The third-order valence-electron chi connectivity index (χ3n) is 2.90. The summed E-state index contributed by atoms with van der Waals surface area (Å²) in [5.41, 5.74) is 4.94. The van der Waals surface area contributed by atoms with Crippen molar-refractivity contribution in [2.24, 2.45) is 0 Å². The lowest BCUT2D eigenvalue weighted by Gasteiger charge is -2.10. The van der Waals surface area contributed by atoms with Crippen LogP contribution < -0.4 is 5.32 Å². The lowest BCUT2D eigenvalue weighted by atomic mass is 10.1. The summed E-state index contributed by atoms with van der Waals surface area (Å²) in [4.78, 5) is 0. The number of hydrogen-bond donors (Lipinski definition) is 1. The number of hydrogen-bond acceptors (Lipinski definition) is 1. The fraction of sp³-hybridized carbons (Fsp3) is 0.200. The summed E-state index contributed by atoms with van der Waals surface area (Å²) in [5.74, 6) is 0. The van der Waals surface area contributed by atoms with Crippen LogP contribution >= 0.6 is 27.5 Å². The molecule has 1 nitrogen and oxygen atoms in total. The molecule has 0 spiro atoms. The monoisotopic (exact) mass is 323 g/mol. The molecule has 2 rings (SSSR count). The molecule has 1 N–H and O–H groups in total. The van der Waals surface area contributed by atoms with Crippen LogP contribution in [0.1, 0.15) is 16.7 Å². The third-order valence-corrected chi connectivity index (χ3v) is 4.13. The van der Waals surface area contributed by atoms with Crippen LogP contribution in [0.2, 0.25) is 5.02 Å². The Morgan fingerprint density at radius 2 is 1.89 bits per heavy atom. The van der Waals surface area contributed by atoms with E-state index in [9.17, 15) is 0 Å². The summed E-state index contributed by atoms with van der Waals surface area (Å²) < 4.78 is 0.918. The SMILES string of the molecule is Cc1ccc(CNc2ccc(Br)c(Cl)c2)c(C)c1. The lowest BCUT2D eigenvalue weighted by molar-refractivity contribution is 1.11. The highest BCUT2D eigenvalue weighted by atomic mass is 79.9. The van der Waals surface area contributed by atoms with Crippen molar-refractivity contribution in [1.29, 1.82) is 0 Å². The quantitative estimate of drug-likeness (QED) is 0.804. The zero-order chi connectivity index (χ0) is 13.1. The summed E-state index contributed by atoms with van der Waals surface area (Å²) in [5, 5.41) is 4.11. The molecule has 2 aromatic carbocycles. The van der Waals surface area contributed by atoms with Crippen LogP contribution in [0.4, 0.5) is 5.69 Å². The van der Waals surface area contributed by atoms with Gasteiger partial charge in [0.2, 0.25) is 0 Å². The third kappa shape index (κ3) is 3.27.